The first-order chi connectivity index (χ1) is 26.9. The van der Waals surface area contributed by atoms with Crippen LogP contribution in [-0.2, 0) is 6.42 Å². The monoisotopic (exact) mass is 776 g/mol. The molecule has 0 heterocycles. The van der Waals surface area contributed by atoms with Gasteiger partial charge in [-0.2, -0.15) is 0 Å². The molecule has 7 rings (SSSR count). The molecule has 2 saturated carbocycles. The minimum atomic E-state index is -1.56. The average Bonchev–Trinajstić information content (AvgIpc) is 3.20. The molecule has 2 aliphatic rings. The highest BCUT2D eigenvalue weighted by Gasteiger charge is 2.31. The summed E-state index contributed by atoms with van der Waals surface area (Å²) < 4.78 is 109. The first-order valence-corrected chi connectivity index (χ1v) is 19.9. The van der Waals surface area contributed by atoms with Crippen molar-refractivity contribution in [1.82, 2.24) is 0 Å². The van der Waals surface area contributed by atoms with Crippen molar-refractivity contribution in [3.8, 4) is 33.4 Å². The Morgan fingerprint density at radius 2 is 0.875 bits per heavy atom. The van der Waals surface area contributed by atoms with Gasteiger partial charge >= 0.3 is 0 Å². The average molecular weight is 777 g/mol. The van der Waals surface area contributed by atoms with Crippen molar-refractivity contribution in [3.05, 3.63) is 143 Å². The van der Waals surface area contributed by atoms with Gasteiger partial charge in [-0.25, -0.2) is 35.1 Å². The first-order valence-electron chi connectivity index (χ1n) is 19.9. The summed E-state index contributed by atoms with van der Waals surface area (Å²) in [6, 6.07) is 20.4. The topological polar surface area (TPSA) is 0 Å². The van der Waals surface area contributed by atoms with Crippen molar-refractivity contribution in [3.63, 3.8) is 0 Å². The third-order valence-electron chi connectivity index (χ3n) is 11.9. The Hall–Kier alpha value is -4.46. The molecule has 0 amide bonds. The summed E-state index contributed by atoms with van der Waals surface area (Å²) in [5.74, 6) is -6.61. The first kappa shape index (κ1) is 41.2. The van der Waals surface area contributed by atoms with Gasteiger partial charge in [-0.15, -0.1) is 0 Å². The van der Waals surface area contributed by atoms with Crippen LogP contribution in [0.15, 0.2) is 84.9 Å². The summed E-state index contributed by atoms with van der Waals surface area (Å²) >= 11 is 0. The van der Waals surface area contributed by atoms with E-state index < -0.39 is 46.5 Å². The van der Waals surface area contributed by atoms with Gasteiger partial charge in [0.2, 0.25) is 0 Å². The number of rotatable bonds is 9. The predicted molar refractivity (Wildman–Crippen MR) is 208 cm³/mol. The molecule has 0 saturated heterocycles. The third-order valence-corrected chi connectivity index (χ3v) is 11.9. The molecule has 5 aromatic rings. The summed E-state index contributed by atoms with van der Waals surface area (Å²) in [6.07, 6.45) is 14.7. The van der Waals surface area contributed by atoms with Crippen molar-refractivity contribution < 1.29 is 35.1 Å². The van der Waals surface area contributed by atoms with Gasteiger partial charge in [-0.3, -0.25) is 0 Å². The number of aryl methyl sites for hydroxylation is 1. The fraction of sp³-hybridized carbons (Fsp3) is 0.375. The second-order valence-corrected chi connectivity index (χ2v) is 15.6. The minimum absolute atomic E-state index is 0.0165. The van der Waals surface area contributed by atoms with E-state index in [0.29, 0.717) is 11.5 Å². The van der Waals surface area contributed by atoms with Crippen LogP contribution in [-0.4, -0.2) is 0 Å². The van der Waals surface area contributed by atoms with Crippen LogP contribution in [0.3, 0.4) is 0 Å². The van der Waals surface area contributed by atoms with E-state index in [-0.39, 0.29) is 22.3 Å². The largest absolute Gasteiger partial charge is 0.206 e. The maximum atomic E-state index is 14.8. The zero-order valence-corrected chi connectivity index (χ0v) is 31.9. The van der Waals surface area contributed by atoms with Gasteiger partial charge < -0.3 is 0 Å². The Kier molecular flexibility index (Phi) is 13.7. The highest BCUT2D eigenvalue weighted by atomic mass is 19.2. The summed E-state index contributed by atoms with van der Waals surface area (Å²) in [5, 5.41) is 0. The molecule has 0 bridgehead atoms. The molecule has 0 nitrogen and oxygen atoms in total. The molecule has 2 fully saturated rings. The zero-order chi connectivity index (χ0) is 39.9. The van der Waals surface area contributed by atoms with Crippen molar-refractivity contribution >= 4 is 0 Å². The van der Waals surface area contributed by atoms with Gasteiger partial charge in [-0.1, -0.05) is 94.5 Å². The maximum absolute atomic E-state index is 14.8. The lowest BCUT2D eigenvalue weighted by atomic mass is 9.68. The second kappa shape index (κ2) is 18.7. The summed E-state index contributed by atoms with van der Waals surface area (Å²) in [7, 11) is 0. The third kappa shape index (κ3) is 9.73. The van der Waals surface area contributed by atoms with Crippen LogP contribution < -0.4 is 0 Å². The molecule has 0 unspecified atom stereocenters. The van der Waals surface area contributed by atoms with Crippen LogP contribution in [0.1, 0.15) is 102 Å². The lowest BCUT2D eigenvalue weighted by Crippen LogP contribution is -2.25. The summed E-state index contributed by atoms with van der Waals surface area (Å²) in [6.45, 7) is 4.38. The van der Waals surface area contributed by atoms with E-state index in [4.69, 9.17) is 0 Å². The Labute approximate surface area is 325 Å². The van der Waals surface area contributed by atoms with E-state index in [1.165, 1.54) is 75.1 Å². The Morgan fingerprint density at radius 3 is 1.34 bits per heavy atom. The van der Waals surface area contributed by atoms with Gasteiger partial charge in [-0.05, 0) is 138 Å². The lowest BCUT2D eigenvalue weighted by Gasteiger charge is -2.38. The van der Waals surface area contributed by atoms with Crippen LogP contribution in [0.2, 0.25) is 0 Å². The molecule has 296 valence electrons. The Bertz CT molecular complexity index is 2040. The maximum Gasteiger partial charge on any atom is 0.194 e. The SMILES string of the molecule is CCCC1CCC(C2CCC(c3ccc(-c4cc(F)c(F)c(F)c4)c(F)c3)CC2)CC1.CCCc1ccc(-c2ccc(-c3cc(F)c(F)c(F)c3)c(F)c2)cc1. The molecule has 0 radical (unpaired) electrons. The number of hydrogen-bond acceptors (Lipinski definition) is 0. The van der Waals surface area contributed by atoms with E-state index >= 15 is 0 Å². The van der Waals surface area contributed by atoms with Crippen molar-refractivity contribution in [2.24, 2.45) is 17.8 Å². The van der Waals surface area contributed by atoms with Crippen molar-refractivity contribution in [2.45, 2.75) is 96.8 Å². The summed E-state index contributed by atoms with van der Waals surface area (Å²) in [5.41, 5.74) is 3.76. The molecule has 0 aromatic heterocycles. The molecule has 8 heteroatoms. The Balaban J connectivity index is 0.000000194. The summed E-state index contributed by atoms with van der Waals surface area (Å²) in [4.78, 5) is 0. The standard InChI is InChI=1S/C27H32F4.C21H16F4/c1-2-3-17-4-6-18(7-5-17)19-8-10-20(11-9-19)21-12-13-23(24(28)14-21)22-15-25(29)27(31)26(30)16-22;1-2-3-13-4-6-14(7-5-13)15-8-9-17(18(22)10-15)16-11-19(23)21(25)20(24)12-16/h12-20H,2-11H2,1H3;4-12H,2-3H2,1H3. The van der Waals surface area contributed by atoms with Gasteiger partial charge in [0, 0.05) is 11.1 Å². The molecule has 0 aliphatic heterocycles. The van der Waals surface area contributed by atoms with Gasteiger partial charge in [0.1, 0.15) is 11.6 Å². The predicted octanol–water partition coefficient (Wildman–Crippen LogP) is 15.3. The number of benzene rings is 5. The van der Waals surface area contributed by atoms with E-state index in [1.54, 1.807) is 12.1 Å². The lowest BCUT2D eigenvalue weighted by molar-refractivity contribution is 0.156. The second-order valence-electron chi connectivity index (χ2n) is 15.6. The van der Waals surface area contributed by atoms with Crippen LogP contribution in [0.5, 0.6) is 0 Å². The molecule has 0 N–H and O–H groups in total. The van der Waals surface area contributed by atoms with Crippen LogP contribution in [0.25, 0.3) is 33.4 Å². The van der Waals surface area contributed by atoms with E-state index in [9.17, 15) is 35.1 Å². The smallest absolute Gasteiger partial charge is 0.194 e. The quantitative estimate of drug-likeness (QED) is 0.103. The molecule has 2 aliphatic carbocycles. The van der Waals surface area contributed by atoms with E-state index in [0.717, 1.165) is 78.8 Å². The van der Waals surface area contributed by atoms with E-state index in [2.05, 4.69) is 13.8 Å². The highest BCUT2D eigenvalue weighted by molar-refractivity contribution is 5.71. The normalized spacial score (nSPS) is 19.7. The molecule has 56 heavy (non-hydrogen) atoms. The fourth-order valence-corrected chi connectivity index (χ4v) is 8.80. The van der Waals surface area contributed by atoms with Gasteiger partial charge in [0.15, 0.2) is 34.9 Å². The van der Waals surface area contributed by atoms with Crippen molar-refractivity contribution in [2.75, 3.05) is 0 Å². The van der Waals surface area contributed by atoms with Gasteiger partial charge in [0.05, 0.1) is 0 Å². The van der Waals surface area contributed by atoms with Crippen LogP contribution in [0.4, 0.5) is 35.1 Å². The number of hydrogen-bond donors (Lipinski definition) is 0. The number of halogens is 8. The minimum Gasteiger partial charge on any atom is -0.206 e. The van der Waals surface area contributed by atoms with Crippen LogP contribution in [0, 0.1) is 64.3 Å². The van der Waals surface area contributed by atoms with Crippen LogP contribution >= 0.6 is 0 Å². The molecule has 5 aromatic carbocycles. The Morgan fingerprint density at radius 1 is 0.429 bits per heavy atom. The molecule has 0 spiro atoms. The molecular weight excluding hydrogens is 729 g/mol. The zero-order valence-electron chi connectivity index (χ0n) is 31.9. The van der Waals surface area contributed by atoms with E-state index in [1.807, 2.05) is 30.3 Å². The van der Waals surface area contributed by atoms with Crippen molar-refractivity contribution in [1.29, 1.82) is 0 Å². The fourth-order valence-electron chi connectivity index (χ4n) is 8.80. The van der Waals surface area contributed by atoms with Gasteiger partial charge in [0.25, 0.3) is 0 Å². The molecule has 0 atom stereocenters. The highest BCUT2D eigenvalue weighted by Crippen LogP contribution is 2.45. The molecular formula is C48H48F8.